The third-order valence-electron chi connectivity index (χ3n) is 2.59. The summed E-state index contributed by atoms with van der Waals surface area (Å²) in [4.78, 5) is 0. The summed E-state index contributed by atoms with van der Waals surface area (Å²) in [6, 6.07) is 0.128. The van der Waals surface area contributed by atoms with E-state index < -0.39 is 6.10 Å². The van der Waals surface area contributed by atoms with Crippen molar-refractivity contribution in [2.75, 3.05) is 6.54 Å². The van der Waals surface area contributed by atoms with E-state index in [2.05, 4.69) is 31.6 Å². The first-order valence-electron chi connectivity index (χ1n) is 4.66. The van der Waals surface area contributed by atoms with Crippen LogP contribution in [0.4, 0.5) is 0 Å². The van der Waals surface area contributed by atoms with Gasteiger partial charge in [-0.25, -0.2) is 4.68 Å². The number of aliphatic hydroxyl groups is 1. The molecule has 6 heteroatoms. The highest BCUT2D eigenvalue weighted by atomic mass is 79.9. The van der Waals surface area contributed by atoms with Crippen LogP contribution in [-0.2, 0) is 7.05 Å². The van der Waals surface area contributed by atoms with Crippen LogP contribution in [0.1, 0.15) is 24.6 Å². The number of halogens is 1. The Labute approximate surface area is 90.6 Å². The molecule has 1 fully saturated rings. The Hall–Kier alpha value is -0.460. The number of hydrogen-bond acceptors (Lipinski definition) is 4. The lowest BCUT2D eigenvalue weighted by Crippen LogP contribution is -2.30. The summed E-state index contributed by atoms with van der Waals surface area (Å²) in [5, 5.41) is 21.0. The SMILES string of the molecule is Cn1nnc(Br)c1C(O)C1CCCN1. The molecule has 2 heterocycles. The number of nitrogens with zero attached hydrogens (tertiary/aromatic N) is 3. The first-order valence-corrected chi connectivity index (χ1v) is 5.46. The predicted octanol–water partition coefficient (Wildman–Crippen LogP) is 0.363. The standard InChI is InChI=1S/C8H13BrN4O/c1-13-6(8(9)11-12-13)7(14)5-3-2-4-10-5/h5,7,10,14H,2-4H2,1H3. The summed E-state index contributed by atoms with van der Waals surface area (Å²) < 4.78 is 2.23. The van der Waals surface area contributed by atoms with Gasteiger partial charge in [0.25, 0.3) is 0 Å². The van der Waals surface area contributed by atoms with E-state index in [1.165, 1.54) is 0 Å². The second kappa shape index (κ2) is 3.96. The molecule has 0 aliphatic carbocycles. The molecule has 1 aliphatic heterocycles. The van der Waals surface area contributed by atoms with Crippen LogP contribution in [0.3, 0.4) is 0 Å². The maximum Gasteiger partial charge on any atom is 0.154 e. The molecule has 2 unspecified atom stereocenters. The van der Waals surface area contributed by atoms with Crippen molar-refractivity contribution in [1.82, 2.24) is 20.3 Å². The normalized spacial score (nSPS) is 24.1. The van der Waals surface area contributed by atoms with E-state index in [4.69, 9.17) is 0 Å². The van der Waals surface area contributed by atoms with Crippen LogP contribution < -0.4 is 5.32 Å². The van der Waals surface area contributed by atoms with Gasteiger partial charge in [0.05, 0.1) is 0 Å². The summed E-state index contributed by atoms with van der Waals surface area (Å²) in [7, 11) is 1.78. The molecule has 1 aromatic rings. The number of nitrogens with one attached hydrogen (secondary N) is 1. The first-order chi connectivity index (χ1) is 6.70. The van der Waals surface area contributed by atoms with Crippen molar-refractivity contribution in [1.29, 1.82) is 0 Å². The Morgan fingerprint density at radius 2 is 2.50 bits per heavy atom. The van der Waals surface area contributed by atoms with Crippen molar-refractivity contribution in [3.05, 3.63) is 10.3 Å². The van der Waals surface area contributed by atoms with E-state index in [1.807, 2.05) is 0 Å². The largest absolute Gasteiger partial charge is 0.385 e. The van der Waals surface area contributed by atoms with Gasteiger partial charge in [0.1, 0.15) is 11.8 Å². The smallest absolute Gasteiger partial charge is 0.154 e. The Bertz CT molecular complexity index is 302. The molecule has 1 aliphatic rings. The molecular weight excluding hydrogens is 248 g/mol. The number of aryl methyl sites for hydroxylation is 1. The molecule has 5 nitrogen and oxygen atoms in total. The molecule has 14 heavy (non-hydrogen) atoms. The number of hydrogen-bond donors (Lipinski definition) is 2. The zero-order chi connectivity index (χ0) is 10.1. The summed E-state index contributed by atoms with van der Waals surface area (Å²) >= 11 is 3.28. The molecule has 0 saturated carbocycles. The lowest BCUT2D eigenvalue weighted by Gasteiger charge is -2.18. The third kappa shape index (κ3) is 1.69. The average Bonchev–Trinajstić information content (AvgIpc) is 2.75. The Morgan fingerprint density at radius 3 is 3.00 bits per heavy atom. The van der Waals surface area contributed by atoms with E-state index in [0.717, 1.165) is 25.1 Å². The van der Waals surface area contributed by atoms with Crippen molar-refractivity contribution in [3.8, 4) is 0 Å². The van der Waals surface area contributed by atoms with Gasteiger partial charge in [0, 0.05) is 13.1 Å². The van der Waals surface area contributed by atoms with Gasteiger partial charge in [-0.15, -0.1) is 5.10 Å². The van der Waals surface area contributed by atoms with Crippen LogP contribution in [0, 0.1) is 0 Å². The van der Waals surface area contributed by atoms with Crippen molar-refractivity contribution >= 4 is 15.9 Å². The molecule has 78 valence electrons. The minimum atomic E-state index is -0.535. The molecule has 0 amide bonds. The fourth-order valence-corrected chi connectivity index (χ4v) is 2.39. The molecule has 0 radical (unpaired) electrons. The second-order valence-electron chi connectivity index (χ2n) is 3.54. The Kier molecular flexibility index (Phi) is 2.85. The molecule has 0 spiro atoms. The third-order valence-corrected chi connectivity index (χ3v) is 3.15. The van der Waals surface area contributed by atoms with Crippen LogP contribution >= 0.6 is 15.9 Å². The van der Waals surface area contributed by atoms with Crippen molar-refractivity contribution in [2.45, 2.75) is 25.0 Å². The lowest BCUT2D eigenvalue weighted by molar-refractivity contribution is 0.128. The fraction of sp³-hybridized carbons (Fsp3) is 0.750. The lowest BCUT2D eigenvalue weighted by atomic mass is 10.1. The predicted molar refractivity (Wildman–Crippen MR) is 54.7 cm³/mol. The highest BCUT2D eigenvalue weighted by Gasteiger charge is 2.28. The summed E-state index contributed by atoms with van der Waals surface area (Å²) in [6.45, 7) is 0.977. The molecule has 0 bridgehead atoms. The molecule has 1 aromatic heterocycles. The van der Waals surface area contributed by atoms with E-state index in [-0.39, 0.29) is 6.04 Å². The van der Waals surface area contributed by atoms with Gasteiger partial charge in [-0.1, -0.05) is 5.21 Å². The van der Waals surface area contributed by atoms with Crippen LogP contribution in [0.25, 0.3) is 0 Å². The maximum absolute atomic E-state index is 10.1. The van der Waals surface area contributed by atoms with Crippen molar-refractivity contribution < 1.29 is 5.11 Å². The molecule has 2 N–H and O–H groups in total. The molecule has 1 saturated heterocycles. The van der Waals surface area contributed by atoms with E-state index in [0.29, 0.717) is 4.60 Å². The molecular formula is C8H13BrN4O. The summed E-state index contributed by atoms with van der Waals surface area (Å²) in [5.41, 5.74) is 0.740. The molecule has 2 atom stereocenters. The van der Waals surface area contributed by atoms with Gasteiger partial charge in [0.15, 0.2) is 4.60 Å². The monoisotopic (exact) mass is 260 g/mol. The minimum absolute atomic E-state index is 0.128. The van der Waals surface area contributed by atoms with Gasteiger partial charge >= 0.3 is 0 Å². The second-order valence-corrected chi connectivity index (χ2v) is 4.29. The number of aromatic nitrogens is 3. The minimum Gasteiger partial charge on any atom is -0.385 e. The van der Waals surface area contributed by atoms with Gasteiger partial charge in [0.2, 0.25) is 0 Å². The first kappa shape index (κ1) is 10.1. The topological polar surface area (TPSA) is 63.0 Å². The highest BCUT2D eigenvalue weighted by Crippen LogP contribution is 2.26. The molecule has 2 rings (SSSR count). The van der Waals surface area contributed by atoms with E-state index in [9.17, 15) is 5.11 Å². The zero-order valence-corrected chi connectivity index (χ0v) is 9.53. The zero-order valence-electron chi connectivity index (χ0n) is 7.94. The number of rotatable bonds is 2. The maximum atomic E-state index is 10.1. The van der Waals surface area contributed by atoms with E-state index >= 15 is 0 Å². The van der Waals surface area contributed by atoms with Gasteiger partial charge < -0.3 is 10.4 Å². The van der Waals surface area contributed by atoms with Crippen LogP contribution in [-0.4, -0.2) is 32.7 Å². The van der Waals surface area contributed by atoms with Gasteiger partial charge in [-0.2, -0.15) is 0 Å². The van der Waals surface area contributed by atoms with Crippen molar-refractivity contribution in [2.24, 2.45) is 7.05 Å². The fourth-order valence-electron chi connectivity index (χ4n) is 1.82. The molecule has 0 aromatic carbocycles. The highest BCUT2D eigenvalue weighted by molar-refractivity contribution is 9.10. The quantitative estimate of drug-likeness (QED) is 0.807. The van der Waals surface area contributed by atoms with Crippen LogP contribution in [0.2, 0.25) is 0 Å². The van der Waals surface area contributed by atoms with Gasteiger partial charge in [-0.05, 0) is 35.3 Å². The van der Waals surface area contributed by atoms with Gasteiger partial charge in [-0.3, -0.25) is 0 Å². The Balaban J connectivity index is 2.21. The Morgan fingerprint density at radius 1 is 1.71 bits per heavy atom. The van der Waals surface area contributed by atoms with Crippen molar-refractivity contribution in [3.63, 3.8) is 0 Å². The summed E-state index contributed by atoms with van der Waals surface area (Å²) in [5.74, 6) is 0. The van der Waals surface area contributed by atoms with Crippen LogP contribution in [0.15, 0.2) is 4.60 Å². The van der Waals surface area contributed by atoms with Crippen LogP contribution in [0.5, 0.6) is 0 Å². The average molecular weight is 261 g/mol. The van der Waals surface area contributed by atoms with E-state index in [1.54, 1.807) is 11.7 Å². The summed E-state index contributed by atoms with van der Waals surface area (Å²) in [6.07, 6.45) is 1.58. The number of aliphatic hydroxyl groups excluding tert-OH is 1.